The number of hydrogen-bond donors (Lipinski definition) is 0. The van der Waals surface area contributed by atoms with Crippen LogP contribution in [0.3, 0.4) is 0 Å². The maximum atomic E-state index is 13.5. The fraction of sp³-hybridized carbons (Fsp3) is 0.273. The second kappa shape index (κ2) is 7.59. The smallest absolute Gasteiger partial charge is 0.469 e. The summed E-state index contributed by atoms with van der Waals surface area (Å²) in [7, 11) is 0. The Labute approximate surface area is 177 Å². The summed E-state index contributed by atoms with van der Waals surface area (Å²) in [5.41, 5.74) is 1.16. The summed E-state index contributed by atoms with van der Waals surface area (Å²) in [5.74, 6) is -0.858. The summed E-state index contributed by atoms with van der Waals surface area (Å²) in [6, 6.07) is 11.4. The second-order valence-corrected chi connectivity index (χ2v) is 7.39. The largest absolute Gasteiger partial charge is 0.506 e. The summed E-state index contributed by atoms with van der Waals surface area (Å²) >= 11 is 0. The lowest BCUT2D eigenvalue weighted by molar-refractivity contribution is -0.419. The van der Waals surface area contributed by atoms with Crippen LogP contribution < -0.4 is 9.64 Å². The standard InChI is InChI=1S/C22H19FN3O5/c23-14-5-7-15(8-6-14)26-21(28)20-19(16-3-1-2-4-17(16)31-20)25(22(26)29)13-18(27)24-9-11-30-12-10-24/h1-8,20H,9-13H2/q+1. The highest BCUT2D eigenvalue weighted by Gasteiger charge is 2.55. The molecule has 0 N–H and O–H groups in total. The van der Waals surface area contributed by atoms with Crippen LogP contribution in [0.25, 0.3) is 0 Å². The van der Waals surface area contributed by atoms with E-state index in [0.717, 1.165) is 4.90 Å². The Morgan fingerprint density at radius 1 is 1.06 bits per heavy atom. The molecule has 2 aromatic carbocycles. The molecular weight excluding hydrogens is 405 g/mol. The molecule has 1 saturated heterocycles. The van der Waals surface area contributed by atoms with Gasteiger partial charge in [0.15, 0.2) is 12.3 Å². The molecule has 3 aliphatic rings. The van der Waals surface area contributed by atoms with Gasteiger partial charge in [0.05, 0.1) is 18.8 Å². The number of anilines is 1. The number of amides is 4. The first-order valence-corrected chi connectivity index (χ1v) is 9.94. The number of para-hydroxylation sites is 1. The molecule has 4 amide bonds. The Kier molecular flexibility index (Phi) is 4.74. The molecule has 0 spiro atoms. The summed E-state index contributed by atoms with van der Waals surface area (Å²) in [6.07, 6.45) is -1.07. The number of carbonyl (C=O) groups is 3. The minimum absolute atomic E-state index is 0.207. The normalized spacial score (nSPS) is 20.5. The first-order valence-electron chi connectivity index (χ1n) is 9.94. The molecule has 0 saturated carbocycles. The molecule has 31 heavy (non-hydrogen) atoms. The molecular formula is C22H19FN3O5+. The van der Waals surface area contributed by atoms with Gasteiger partial charge in [-0.15, -0.1) is 4.90 Å². The highest BCUT2D eigenvalue weighted by molar-refractivity contribution is 6.29. The van der Waals surface area contributed by atoms with Crippen LogP contribution in [0.15, 0.2) is 48.5 Å². The van der Waals surface area contributed by atoms with Crippen molar-refractivity contribution in [3.8, 4) is 5.75 Å². The van der Waals surface area contributed by atoms with E-state index in [2.05, 4.69) is 0 Å². The molecule has 2 aromatic rings. The van der Waals surface area contributed by atoms with E-state index in [0.29, 0.717) is 43.3 Å². The van der Waals surface area contributed by atoms with Crippen molar-refractivity contribution in [3.63, 3.8) is 0 Å². The summed E-state index contributed by atoms with van der Waals surface area (Å²) in [5, 5.41) is 0. The maximum absolute atomic E-state index is 13.5. The van der Waals surface area contributed by atoms with Crippen molar-refractivity contribution < 1.29 is 32.8 Å². The van der Waals surface area contributed by atoms with E-state index in [4.69, 9.17) is 9.47 Å². The van der Waals surface area contributed by atoms with Gasteiger partial charge < -0.3 is 14.4 Å². The fourth-order valence-electron chi connectivity index (χ4n) is 4.02. The van der Waals surface area contributed by atoms with Crippen LogP contribution in [0.2, 0.25) is 0 Å². The minimum atomic E-state index is -1.07. The zero-order chi connectivity index (χ0) is 21.5. The number of fused-ring (bicyclic) bond motifs is 3. The predicted octanol–water partition coefficient (Wildman–Crippen LogP) is 1.41. The molecule has 0 bridgehead atoms. The quantitative estimate of drug-likeness (QED) is 0.697. The molecule has 3 heterocycles. The number of morpholine rings is 1. The van der Waals surface area contributed by atoms with Gasteiger partial charge in [0.2, 0.25) is 0 Å². The van der Waals surface area contributed by atoms with Crippen LogP contribution in [0.4, 0.5) is 14.9 Å². The number of hydrogen-bond acceptors (Lipinski definition) is 5. The zero-order valence-electron chi connectivity index (χ0n) is 16.5. The van der Waals surface area contributed by atoms with Crippen molar-refractivity contribution in [1.82, 2.24) is 4.90 Å². The monoisotopic (exact) mass is 424 g/mol. The van der Waals surface area contributed by atoms with E-state index in [-0.39, 0.29) is 18.1 Å². The SMILES string of the molecule is O=C(C[N+]1=C2c3ccccc3OC2C(=O)N(c2ccc(F)cc2)C1=O)N1CCOCC1. The van der Waals surface area contributed by atoms with Crippen molar-refractivity contribution in [2.24, 2.45) is 0 Å². The van der Waals surface area contributed by atoms with Gasteiger partial charge in [-0.1, -0.05) is 12.1 Å². The zero-order valence-corrected chi connectivity index (χ0v) is 16.5. The number of urea groups is 1. The first kappa shape index (κ1) is 19.4. The highest BCUT2D eigenvalue weighted by atomic mass is 19.1. The molecule has 1 unspecified atom stereocenters. The van der Waals surface area contributed by atoms with Gasteiger partial charge in [-0.05, 0) is 36.4 Å². The number of halogens is 1. The Hall–Kier alpha value is -3.59. The molecule has 0 aliphatic carbocycles. The van der Waals surface area contributed by atoms with Gasteiger partial charge in [0.1, 0.15) is 17.3 Å². The Morgan fingerprint density at radius 2 is 1.77 bits per heavy atom. The van der Waals surface area contributed by atoms with Crippen molar-refractivity contribution in [2.45, 2.75) is 6.10 Å². The van der Waals surface area contributed by atoms with Gasteiger partial charge in [-0.2, -0.15) is 9.37 Å². The maximum Gasteiger partial charge on any atom is 0.506 e. The molecule has 9 heteroatoms. The Balaban J connectivity index is 1.58. The van der Waals surface area contributed by atoms with Crippen molar-refractivity contribution in [3.05, 3.63) is 59.9 Å². The van der Waals surface area contributed by atoms with E-state index >= 15 is 0 Å². The van der Waals surface area contributed by atoms with E-state index in [9.17, 15) is 18.8 Å². The minimum Gasteiger partial charge on any atom is -0.469 e. The Morgan fingerprint density at radius 3 is 2.52 bits per heavy atom. The number of carbonyl (C=O) groups excluding carboxylic acids is 3. The second-order valence-electron chi connectivity index (χ2n) is 7.39. The third kappa shape index (κ3) is 3.27. The van der Waals surface area contributed by atoms with Crippen LogP contribution in [0.1, 0.15) is 5.56 Å². The van der Waals surface area contributed by atoms with Crippen LogP contribution >= 0.6 is 0 Å². The van der Waals surface area contributed by atoms with Crippen LogP contribution in [0, 0.1) is 5.82 Å². The molecule has 5 rings (SSSR count). The van der Waals surface area contributed by atoms with Gasteiger partial charge in [0.25, 0.3) is 12.0 Å². The predicted molar refractivity (Wildman–Crippen MR) is 107 cm³/mol. The first-order chi connectivity index (χ1) is 15.0. The molecule has 8 nitrogen and oxygen atoms in total. The molecule has 1 fully saturated rings. The van der Waals surface area contributed by atoms with Crippen LogP contribution in [-0.2, 0) is 14.3 Å². The Bertz CT molecular complexity index is 1110. The molecule has 3 aliphatic heterocycles. The average Bonchev–Trinajstić information content (AvgIpc) is 3.18. The number of benzene rings is 2. The van der Waals surface area contributed by atoms with Crippen LogP contribution in [-0.4, -0.2) is 72.0 Å². The fourth-order valence-corrected chi connectivity index (χ4v) is 4.02. The van der Waals surface area contributed by atoms with E-state index in [1.165, 1.54) is 28.8 Å². The van der Waals surface area contributed by atoms with Gasteiger partial charge in [-0.25, -0.2) is 9.18 Å². The number of rotatable bonds is 3. The molecule has 158 valence electrons. The molecule has 1 atom stereocenters. The van der Waals surface area contributed by atoms with Crippen molar-refractivity contribution >= 4 is 29.2 Å². The lowest BCUT2D eigenvalue weighted by Gasteiger charge is -2.28. The van der Waals surface area contributed by atoms with Crippen molar-refractivity contribution in [1.29, 1.82) is 0 Å². The van der Waals surface area contributed by atoms with E-state index in [1.807, 2.05) is 0 Å². The lowest BCUT2D eigenvalue weighted by Crippen LogP contribution is -2.59. The topological polar surface area (TPSA) is 79.2 Å². The van der Waals surface area contributed by atoms with Gasteiger partial charge in [-0.3, -0.25) is 4.79 Å². The third-order valence-corrected chi connectivity index (χ3v) is 5.56. The van der Waals surface area contributed by atoms with E-state index < -0.39 is 23.9 Å². The van der Waals surface area contributed by atoms with Crippen molar-refractivity contribution in [2.75, 3.05) is 37.7 Å². The lowest BCUT2D eigenvalue weighted by atomic mass is 10.0. The van der Waals surface area contributed by atoms with Crippen LogP contribution in [0.5, 0.6) is 5.75 Å². The molecule has 0 radical (unpaired) electrons. The highest BCUT2D eigenvalue weighted by Crippen LogP contribution is 2.33. The molecule has 0 aromatic heterocycles. The summed E-state index contributed by atoms with van der Waals surface area (Å²) < 4.78 is 25.9. The summed E-state index contributed by atoms with van der Waals surface area (Å²) in [6.45, 7) is 1.50. The third-order valence-electron chi connectivity index (χ3n) is 5.56. The van der Waals surface area contributed by atoms with E-state index in [1.54, 1.807) is 29.2 Å². The number of imide groups is 1. The summed E-state index contributed by atoms with van der Waals surface area (Å²) in [4.78, 5) is 42.2. The van der Waals surface area contributed by atoms with Gasteiger partial charge in [0, 0.05) is 13.1 Å². The number of ether oxygens (including phenoxy) is 2. The van der Waals surface area contributed by atoms with Gasteiger partial charge >= 0.3 is 11.9 Å². The number of nitrogens with zero attached hydrogens (tertiary/aromatic N) is 3. The average molecular weight is 424 g/mol.